The number of carbonyl (C=O) groups is 2. The van der Waals surface area contributed by atoms with Gasteiger partial charge in [-0.15, -0.1) is 0 Å². The van der Waals surface area contributed by atoms with Gasteiger partial charge in [0.05, 0.1) is 0 Å². The molecule has 0 radical (unpaired) electrons. The first-order chi connectivity index (χ1) is 6.18. The van der Waals surface area contributed by atoms with E-state index in [9.17, 15) is 9.59 Å². The normalized spacial score (nSPS) is 9.69. The van der Waals surface area contributed by atoms with Crippen molar-refractivity contribution < 1.29 is 9.59 Å². The van der Waals surface area contributed by atoms with E-state index in [1.807, 2.05) is 0 Å². The summed E-state index contributed by atoms with van der Waals surface area (Å²) in [5, 5.41) is 2.54. The molecule has 76 valence electrons. The number of Topliss-reactive ketones (excluding diaryl/α,β-unsaturated/α-hetero) is 1. The summed E-state index contributed by atoms with van der Waals surface area (Å²) < 4.78 is 0. The Kier molecular flexibility index (Phi) is 8.33. The third kappa shape index (κ3) is 8.18. The van der Waals surface area contributed by atoms with E-state index in [-0.39, 0.29) is 0 Å². The second kappa shape index (κ2) is 8.44. The van der Waals surface area contributed by atoms with Gasteiger partial charge in [0.15, 0.2) is 0 Å². The smallest absolute Gasteiger partial charge is 0.287 e. The SMILES string of the molecule is CCCSSCCNC(=O)C(C)=O. The van der Waals surface area contributed by atoms with Gasteiger partial charge in [0.25, 0.3) is 5.91 Å². The second-order valence-electron chi connectivity index (χ2n) is 2.46. The highest BCUT2D eigenvalue weighted by Gasteiger charge is 2.04. The maximum atomic E-state index is 10.8. The first-order valence-electron chi connectivity index (χ1n) is 4.21. The molecule has 13 heavy (non-hydrogen) atoms. The quantitative estimate of drug-likeness (QED) is 0.402. The molecule has 3 nitrogen and oxygen atoms in total. The van der Waals surface area contributed by atoms with Crippen molar-refractivity contribution in [1.29, 1.82) is 0 Å². The van der Waals surface area contributed by atoms with Gasteiger partial charge < -0.3 is 5.32 Å². The van der Waals surface area contributed by atoms with Crippen molar-refractivity contribution in [2.75, 3.05) is 18.1 Å². The lowest BCUT2D eigenvalue weighted by molar-refractivity contribution is -0.136. The fourth-order valence-corrected chi connectivity index (χ4v) is 2.58. The minimum Gasteiger partial charge on any atom is -0.349 e. The van der Waals surface area contributed by atoms with Crippen LogP contribution < -0.4 is 5.32 Å². The highest BCUT2D eigenvalue weighted by molar-refractivity contribution is 8.76. The number of hydrogen-bond donors (Lipinski definition) is 1. The number of rotatable bonds is 7. The number of hydrogen-bond acceptors (Lipinski definition) is 4. The molecule has 1 N–H and O–H groups in total. The van der Waals surface area contributed by atoms with Crippen LogP contribution in [-0.4, -0.2) is 29.7 Å². The van der Waals surface area contributed by atoms with Gasteiger partial charge in [0, 0.05) is 25.0 Å². The Morgan fingerprint density at radius 1 is 1.23 bits per heavy atom. The molecule has 0 aromatic rings. The summed E-state index contributed by atoms with van der Waals surface area (Å²) in [5.41, 5.74) is 0. The number of nitrogens with one attached hydrogen (secondary N) is 1. The lowest BCUT2D eigenvalue weighted by Gasteiger charge is -2.01. The molecule has 1 amide bonds. The summed E-state index contributed by atoms with van der Waals surface area (Å²) in [6.07, 6.45) is 1.16. The van der Waals surface area contributed by atoms with E-state index < -0.39 is 11.7 Å². The highest BCUT2D eigenvalue weighted by atomic mass is 33.1. The van der Waals surface area contributed by atoms with Gasteiger partial charge in [-0.05, 0) is 6.42 Å². The third-order valence-electron chi connectivity index (χ3n) is 1.16. The monoisotopic (exact) mass is 221 g/mol. The average Bonchev–Trinajstić information content (AvgIpc) is 2.10. The van der Waals surface area contributed by atoms with E-state index in [0.717, 1.165) is 17.9 Å². The van der Waals surface area contributed by atoms with Gasteiger partial charge in [0.2, 0.25) is 5.78 Å². The number of ketones is 1. The van der Waals surface area contributed by atoms with Crippen molar-refractivity contribution in [3.63, 3.8) is 0 Å². The summed E-state index contributed by atoms with van der Waals surface area (Å²) in [6, 6.07) is 0. The van der Waals surface area contributed by atoms with E-state index in [1.54, 1.807) is 21.6 Å². The molecular formula is C8H15NO2S2. The Labute approximate surface area is 86.8 Å². The van der Waals surface area contributed by atoms with Gasteiger partial charge in [-0.2, -0.15) is 0 Å². The molecule has 0 aliphatic carbocycles. The lowest BCUT2D eigenvalue weighted by Crippen LogP contribution is -2.30. The summed E-state index contributed by atoms with van der Waals surface area (Å²) >= 11 is 0. The molecule has 0 fully saturated rings. The van der Waals surface area contributed by atoms with Crippen molar-refractivity contribution in [3.05, 3.63) is 0 Å². The summed E-state index contributed by atoms with van der Waals surface area (Å²) in [4.78, 5) is 21.2. The molecule has 5 heteroatoms. The maximum absolute atomic E-state index is 10.8. The molecule has 0 aliphatic heterocycles. The topological polar surface area (TPSA) is 46.2 Å². The number of amides is 1. The molecule has 0 saturated heterocycles. The van der Waals surface area contributed by atoms with Crippen molar-refractivity contribution in [1.82, 2.24) is 5.32 Å². The largest absolute Gasteiger partial charge is 0.349 e. The van der Waals surface area contributed by atoms with Crippen LogP contribution in [0, 0.1) is 0 Å². The summed E-state index contributed by atoms with van der Waals surface area (Å²) in [6.45, 7) is 3.97. The van der Waals surface area contributed by atoms with Crippen LogP contribution in [0.25, 0.3) is 0 Å². The third-order valence-corrected chi connectivity index (χ3v) is 3.77. The highest BCUT2D eigenvalue weighted by Crippen LogP contribution is 2.20. The Morgan fingerprint density at radius 3 is 2.38 bits per heavy atom. The molecule has 0 atom stereocenters. The van der Waals surface area contributed by atoms with Gasteiger partial charge in [-0.25, -0.2) is 0 Å². The van der Waals surface area contributed by atoms with Gasteiger partial charge in [-0.3, -0.25) is 9.59 Å². The fraction of sp³-hybridized carbons (Fsp3) is 0.750. The van der Waals surface area contributed by atoms with Crippen LogP contribution in [-0.2, 0) is 9.59 Å². The number of carbonyl (C=O) groups excluding carboxylic acids is 2. The fourth-order valence-electron chi connectivity index (χ4n) is 0.532. The summed E-state index contributed by atoms with van der Waals surface area (Å²) in [7, 11) is 3.52. The Bertz CT molecular complexity index is 174. The predicted octanol–water partition coefficient (Wildman–Crippen LogP) is 1.48. The molecule has 0 saturated carbocycles. The first kappa shape index (κ1) is 12.8. The molecule has 0 aromatic carbocycles. The van der Waals surface area contributed by atoms with E-state index >= 15 is 0 Å². The Morgan fingerprint density at radius 2 is 1.85 bits per heavy atom. The zero-order valence-electron chi connectivity index (χ0n) is 7.96. The average molecular weight is 221 g/mol. The van der Waals surface area contributed by atoms with E-state index in [2.05, 4.69) is 12.2 Å². The first-order valence-corrected chi connectivity index (χ1v) is 6.70. The van der Waals surface area contributed by atoms with Gasteiger partial charge in [-0.1, -0.05) is 28.5 Å². The molecule has 0 bridgehead atoms. The van der Waals surface area contributed by atoms with Crippen molar-refractivity contribution in [2.45, 2.75) is 20.3 Å². The van der Waals surface area contributed by atoms with Crippen LogP contribution in [0.5, 0.6) is 0 Å². The van der Waals surface area contributed by atoms with Crippen LogP contribution in [0.1, 0.15) is 20.3 Å². The van der Waals surface area contributed by atoms with Crippen molar-refractivity contribution in [2.24, 2.45) is 0 Å². The minimum atomic E-state index is -0.485. The Balaban J connectivity index is 3.16. The molecule has 0 spiro atoms. The summed E-state index contributed by atoms with van der Waals surface area (Å²) in [5.74, 6) is 1.07. The van der Waals surface area contributed by atoms with Crippen molar-refractivity contribution in [3.8, 4) is 0 Å². The molecule has 0 rings (SSSR count). The molecule has 0 heterocycles. The maximum Gasteiger partial charge on any atom is 0.287 e. The minimum absolute atomic E-state index is 0.425. The van der Waals surface area contributed by atoms with E-state index in [1.165, 1.54) is 6.92 Å². The van der Waals surface area contributed by atoms with E-state index in [4.69, 9.17) is 0 Å². The molecule has 0 aromatic heterocycles. The van der Waals surface area contributed by atoms with Crippen LogP contribution in [0.3, 0.4) is 0 Å². The van der Waals surface area contributed by atoms with Crippen LogP contribution in [0.4, 0.5) is 0 Å². The lowest BCUT2D eigenvalue weighted by atomic mass is 10.4. The molecular weight excluding hydrogens is 206 g/mol. The van der Waals surface area contributed by atoms with Crippen LogP contribution in [0.2, 0.25) is 0 Å². The van der Waals surface area contributed by atoms with E-state index in [0.29, 0.717) is 6.54 Å². The van der Waals surface area contributed by atoms with Crippen molar-refractivity contribution >= 4 is 33.3 Å². The zero-order valence-corrected chi connectivity index (χ0v) is 9.59. The molecule has 0 unspecified atom stereocenters. The van der Waals surface area contributed by atoms with Crippen LogP contribution in [0.15, 0.2) is 0 Å². The zero-order chi connectivity index (χ0) is 10.1. The standard InChI is InChI=1S/C8H15NO2S2/c1-3-5-12-13-6-4-9-8(11)7(2)10/h3-6H2,1-2H3,(H,9,11). The second-order valence-corrected chi connectivity index (χ2v) is 5.16. The molecule has 0 aliphatic rings. The predicted molar refractivity (Wildman–Crippen MR) is 58.9 cm³/mol. The van der Waals surface area contributed by atoms with Gasteiger partial charge in [0.1, 0.15) is 0 Å². The van der Waals surface area contributed by atoms with Crippen LogP contribution >= 0.6 is 21.6 Å². The van der Waals surface area contributed by atoms with Gasteiger partial charge >= 0.3 is 0 Å². The Hall–Kier alpha value is -0.160.